The number of carbonyl (C=O) groups excluding carboxylic acids is 1. The van der Waals surface area contributed by atoms with Crippen LogP contribution < -0.4 is 15.0 Å². The van der Waals surface area contributed by atoms with Gasteiger partial charge in [-0.05, 0) is 45.4 Å². The van der Waals surface area contributed by atoms with E-state index in [4.69, 9.17) is 4.74 Å². The lowest BCUT2D eigenvalue weighted by molar-refractivity contribution is 0.201. The maximum absolute atomic E-state index is 12.7. The predicted molar refractivity (Wildman–Crippen MR) is 126 cm³/mol. The van der Waals surface area contributed by atoms with Crippen LogP contribution >= 0.6 is 0 Å². The maximum Gasteiger partial charge on any atom is 0.317 e. The van der Waals surface area contributed by atoms with Crippen LogP contribution in [0, 0.1) is 13.8 Å². The minimum atomic E-state index is -0.0490. The zero-order valence-corrected chi connectivity index (χ0v) is 19.8. The van der Waals surface area contributed by atoms with Gasteiger partial charge in [-0.3, -0.25) is 4.68 Å². The van der Waals surface area contributed by atoms with Gasteiger partial charge in [0.05, 0.1) is 18.8 Å². The lowest BCUT2D eigenvalue weighted by Crippen LogP contribution is -2.41. The summed E-state index contributed by atoms with van der Waals surface area (Å²) in [5.41, 5.74) is 3.87. The summed E-state index contributed by atoms with van der Waals surface area (Å²) in [5, 5.41) is 11.8. The number of anilines is 1. The van der Waals surface area contributed by atoms with Gasteiger partial charge in [0.2, 0.25) is 0 Å². The van der Waals surface area contributed by atoms with Crippen LogP contribution in [0.3, 0.4) is 0 Å². The van der Waals surface area contributed by atoms with Crippen LogP contribution in [0.25, 0.3) is 5.69 Å². The first-order valence-electron chi connectivity index (χ1n) is 11.4. The third-order valence-electron chi connectivity index (χ3n) is 5.83. The Labute approximate surface area is 194 Å². The number of benzene rings is 1. The lowest BCUT2D eigenvalue weighted by Gasteiger charge is -2.25. The van der Waals surface area contributed by atoms with Crippen molar-refractivity contribution in [2.45, 2.75) is 33.7 Å². The fraction of sp³-hybridized carbons (Fsp3) is 0.478. The van der Waals surface area contributed by atoms with Crippen LogP contribution in [-0.2, 0) is 13.6 Å². The molecule has 0 saturated carbocycles. The van der Waals surface area contributed by atoms with Crippen LogP contribution in [0.15, 0.2) is 30.6 Å². The molecule has 1 aromatic carbocycles. The van der Waals surface area contributed by atoms with Gasteiger partial charge >= 0.3 is 6.03 Å². The molecule has 0 atom stereocenters. The number of amides is 2. The lowest BCUT2D eigenvalue weighted by atomic mass is 10.2. The topological polar surface area (TPSA) is 93.3 Å². The monoisotopic (exact) mass is 452 g/mol. The minimum absolute atomic E-state index is 0.0490. The summed E-state index contributed by atoms with van der Waals surface area (Å²) in [6.45, 7) is 9.83. The molecule has 3 heterocycles. The molecule has 1 saturated heterocycles. The largest absolute Gasteiger partial charge is 0.492 e. The third-order valence-corrected chi connectivity index (χ3v) is 5.83. The Bertz CT molecular complexity index is 1090. The van der Waals surface area contributed by atoms with Gasteiger partial charge in [0.1, 0.15) is 23.6 Å². The highest BCUT2D eigenvalue weighted by molar-refractivity contribution is 5.74. The first kappa shape index (κ1) is 22.6. The minimum Gasteiger partial charge on any atom is -0.492 e. The first-order valence-corrected chi connectivity index (χ1v) is 11.4. The predicted octanol–water partition coefficient (Wildman–Crippen LogP) is 2.44. The fourth-order valence-electron chi connectivity index (χ4n) is 4.00. The smallest absolute Gasteiger partial charge is 0.317 e. The molecule has 0 unspecified atom stereocenters. The van der Waals surface area contributed by atoms with Crippen molar-refractivity contribution in [2.24, 2.45) is 7.05 Å². The summed E-state index contributed by atoms with van der Waals surface area (Å²) in [5.74, 6) is 1.48. The zero-order chi connectivity index (χ0) is 23.4. The highest BCUT2D eigenvalue weighted by Gasteiger charge is 2.20. The zero-order valence-electron chi connectivity index (χ0n) is 19.8. The van der Waals surface area contributed by atoms with Crippen molar-refractivity contribution in [3.05, 3.63) is 47.8 Å². The molecule has 2 aromatic heterocycles. The van der Waals surface area contributed by atoms with Gasteiger partial charge in [-0.1, -0.05) is 0 Å². The molecule has 0 bridgehead atoms. The van der Waals surface area contributed by atoms with E-state index in [0.717, 1.165) is 54.6 Å². The number of urea groups is 1. The molecular formula is C23H32N8O2. The molecule has 1 fully saturated rings. The van der Waals surface area contributed by atoms with Gasteiger partial charge in [-0.25, -0.2) is 14.5 Å². The molecule has 2 amide bonds. The van der Waals surface area contributed by atoms with Crippen LogP contribution in [-0.4, -0.2) is 68.3 Å². The Morgan fingerprint density at radius 1 is 1.12 bits per heavy atom. The van der Waals surface area contributed by atoms with Crippen molar-refractivity contribution in [1.29, 1.82) is 0 Å². The van der Waals surface area contributed by atoms with E-state index >= 15 is 0 Å². The first-order chi connectivity index (χ1) is 15.9. The molecule has 33 heavy (non-hydrogen) atoms. The van der Waals surface area contributed by atoms with E-state index in [0.29, 0.717) is 25.5 Å². The Kier molecular flexibility index (Phi) is 6.81. The molecule has 176 valence electrons. The maximum atomic E-state index is 12.7. The highest BCUT2D eigenvalue weighted by atomic mass is 16.5. The van der Waals surface area contributed by atoms with Crippen molar-refractivity contribution < 1.29 is 9.53 Å². The molecule has 4 rings (SSSR count). The van der Waals surface area contributed by atoms with E-state index in [1.807, 2.05) is 49.5 Å². The number of aromatic nitrogens is 5. The SMILES string of the molecule is CCOc1cc(N2CCCN(C(=O)NCc3cc(C)n(C)n3)CC2)ccc1-n1cnc(C)n1. The fourth-order valence-corrected chi connectivity index (χ4v) is 4.00. The Morgan fingerprint density at radius 3 is 2.67 bits per heavy atom. The van der Waals surface area contributed by atoms with E-state index in [-0.39, 0.29) is 6.03 Å². The van der Waals surface area contributed by atoms with Crippen molar-refractivity contribution in [3.8, 4) is 11.4 Å². The van der Waals surface area contributed by atoms with Crippen molar-refractivity contribution in [3.63, 3.8) is 0 Å². The summed E-state index contributed by atoms with van der Waals surface area (Å²) in [6.07, 6.45) is 2.59. The van der Waals surface area contributed by atoms with Gasteiger partial charge in [-0.2, -0.15) is 10.2 Å². The summed E-state index contributed by atoms with van der Waals surface area (Å²) < 4.78 is 9.46. The quantitative estimate of drug-likeness (QED) is 0.618. The molecule has 1 N–H and O–H groups in total. The van der Waals surface area contributed by atoms with Gasteiger partial charge in [0.25, 0.3) is 0 Å². The molecular weight excluding hydrogens is 420 g/mol. The highest BCUT2D eigenvalue weighted by Crippen LogP contribution is 2.29. The van der Waals surface area contributed by atoms with Gasteiger partial charge in [0.15, 0.2) is 0 Å². The Hall–Kier alpha value is -3.56. The normalized spacial score (nSPS) is 14.3. The summed E-state index contributed by atoms with van der Waals surface area (Å²) >= 11 is 0. The van der Waals surface area contributed by atoms with Crippen molar-refractivity contribution in [1.82, 2.24) is 34.8 Å². The Morgan fingerprint density at radius 2 is 1.97 bits per heavy atom. The van der Waals surface area contributed by atoms with E-state index in [9.17, 15) is 4.79 Å². The standard InChI is InChI=1S/C23H32N8O2/c1-5-33-22-14-20(7-8-21(22)31-16-25-18(3)26-31)29-9-6-10-30(12-11-29)23(32)24-15-19-13-17(2)28(4)27-19/h7-8,13-14,16H,5-6,9-12,15H2,1-4H3,(H,24,32). The van der Waals surface area contributed by atoms with Gasteiger partial charge in [-0.15, -0.1) is 0 Å². The number of hydrogen-bond donors (Lipinski definition) is 1. The van der Waals surface area contributed by atoms with Gasteiger partial charge in [0, 0.05) is 50.7 Å². The molecule has 3 aromatic rings. The summed E-state index contributed by atoms with van der Waals surface area (Å²) in [6, 6.07) is 8.08. The molecule has 0 spiro atoms. The third kappa shape index (κ3) is 5.27. The molecule has 0 aliphatic carbocycles. The van der Waals surface area contributed by atoms with Crippen molar-refractivity contribution in [2.75, 3.05) is 37.7 Å². The van der Waals surface area contributed by atoms with E-state index in [1.54, 1.807) is 11.0 Å². The molecule has 1 aliphatic heterocycles. The summed E-state index contributed by atoms with van der Waals surface area (Å²) in [7, 11) is 1.90. The van der Waals surface area contributed by atoms with Crippen LogP contribution in [0.4, 0.5) is 10.5 Å². The number of nitrogens with one attached hydrogen (secondary N) is 1. The van der Waals surface area contributed by atoms with Crippen LogP contribution in [0.1, 0.15) is 30.6 Å². The Balaban J connectivity index is 1.40. The van der Waals surface area contributed by atoms with Gasteiger partial charge < -0.3 is 19.9 Å². The van der Waals surface area contributed by atoms with Crippen LogP contribution in [0.5, 0.6) is 5.75 Å². The van der Waals surface area contributed by atoms with Crippen LogP contribution in [0.2, 0.25) is 0 Å². The number of nitrogens with zero attached hydrogens (tertiary/aromatic N) is 7. The summed E-state index contributed by atoms with van der Waals surface area (Å²) in [4.78, 5) is 21.1. The molecule has 10 heteroatoms. The van der Waals surface area contributed by atoms with Crippen molar-refractivity contribution >= 4 is 11.7 Å². The second-order valence-electron chi connectivity index (χ2n) is 8.21. The number of rotatable bonds is 6. The van der Waals surface area contributed by atoms with E-state index < -0.39 is 0 Å². The number of ether oxygens (including phenoxy) is 1. The van der Waals surface area contributed by atoms with E-state index in [2.05, 4.69) is 37.5 Å². The average Bonchev–Trinajstić information content (AvgIpc) is 3.26. The number of carbonyl (C=O) groups is 1. The van der Waals surface area contributed by atoms with E-state index in [1.165, 1.54) is 0 Å². The molecule has 10 nitrogen and oxygen atoms in total. The average molecular weight is 453 g/mol. The number of hydrogen-bond acceptors (Lipinski definition) is 6. The number of aryl methyl sites for hydroxylation is 3. The second kappa shape index (κ2) is 9.93. The molecule has 1 aliphatic rings. The second-order valence-corrected chi connectivity index (χ2v) is 8.21. The molecule has 0 radical (unpaired) electrons.